The monoisotopic (exact) mass is 317 g/mol. The van der Waals surface area contributed by atoms with E-state index in [0.717, 1.165) is 29.7 Å². The number of amides is 1. The van der Waals surface area contributed by atoms with Gasteiger partial charge in [0.25, 0.3) is 5.91 Å². The first kappa shape index (κ1) is 16.4. The Labute approximate surface area is 136 Å². The van der Waals surface area contributed by atoms with Crippen LogP contribution in [0, 0.1) is 0 Å². The number of anilines is 1. The summed E-state index contributed by atoms with van der Waals surface area (Å²) in [7, 11) is 1.58. The summed E-state index contributed by atoms with van der Waals surface area (Å²) in [6.45, 7) is 4.09. The van der Waals surface area contributed by atoms with Crippen LogP contribution in [0.2, 0.25) is 5.02 Å². The van der Waals surface area contributed by atoms with Crippen molar-refractivity contribution in [3.05, 3.63) is 58.1 Å². The fraction of sp³-hybridized carbons (Fsp3) is 0.278. The number of hydrogen-bond acceptors (Lipinski definition) is 2. The number of benzene rings is 2. The van der Waals surface area contributed by atoms with Crippen LogP contribution >= 0.6 is 11.6 Å². The van der Waals surface area contributed by atoms with Crippen LogP contribution in [0.1, 0.15) is 35.3 Å². The van der Waals surface area contributed by atoms with Crippen molar-refractivity contribution in [3.8, 4) is 5.75 Å². The van der Waals surface area contributed by atoms with Gasteiger partial charge in [-0.15, -0.1) is 0 Å². The summed E-state index contributed by atoms with van der Waals surface area (Å²) in [5.41, 5.74) is 3.43. The lowest BCUT2D eigenvalue weighted by atomic mass is 10.0. The van der Waals surface area contributed by atoms with Crippen molar-refractivity contribution in [3.63, 3.8) is 0 Å². The molecule has 0 unspecified atom stereocenters. The number of rotatable bonds is 5. The molecule has 22 heavy (non-hydrogen) atoms. The van der Waals surface area contributed by atoms with Gasteiger partial charge < -0.3 is 10.1 Å². The van der Waals surface area contributed by atoms with Crippen molar-refractivity contribution in [2.24, 2.45) is 0 Å². The fourth-order valence-electron chi connectivity index (χ4n) is 2.42. The van der Waals surface area contributed by atoms with Crippen LogP contribution in [-0.2, 0) is 12.8 Å². The molecule has 0 heterocycles. The van der Waals surface area contributed by atoms with Gasteiger partial charge in [-0.25, -0.2) is 0 Å². The molecule has 4 heteroatoms. The van der Waals surface area contributed by atoms with Crippen molar-refractivity contribution < 1.29 is 9.53 Å². The molecule has 0 atom stereocenters. The molecule has 1 N–H and O–H groups in total. The van der Waals surface area contributed by atoms with Gasteiger partial charge in [0.1, 0.15) is 5.75 Å². The van der Waals surface area contributed by atoms with Crippen molar-refractivity contribution in [2.45, 2.75) is 26.7 Å². The molecule has 116 valence electrons. The normalized spacial score (nSPS) is 10.4. The molecule has 0 bridgehead atoms. The maximum atomic E-state index is 12.5. The van der Waals surface area contributed by atoms with E-state index in [4.69, 9.17) is 16.3 Å². The fourth-order valence-corrected chi connectivity index (χ4v) is 2.71. The number of methoxy groups -OCH3 is 1. The van der Waals surface area contributed by atoms with Crippen LogP contribution in [-0.4, -0.2) is 13.0 Å². The van der Waals surface area contributed by atoms with Gasteiger partial charge in [0.15, 0.2) is 0 Å². The van der Waals surface area contributed by atoms with Crippen molar-refractivity contribution >= 4 is 23.2 Å². The zero-order chi connectivity index (χ0) is 16.1. The Bertz CT molecular complexity index is 683. The van der Waals surface area contributed by atoms with Crippen LogP contribution in [0.25, 0.3) is 0 Å². The van der Waals surface area contributed by atoms with Crippen molar-refractivity contribution in [2.75, 3.05) is 12.4 Å². The third-order valence-corrected chi connectivity index (χ3v) is 4.00. The van der Waals surface area contributed by atoms with E-state index >= 15 is 0 Å². The highest BCUT2D eigenvalue weighted by Crippen LogP contribution is 2.30. The number of nitrogens with one attached hydrogen (secondary N) is 1. The van der Waals surface area contributed by atoms with Crippen molar-refractivity contribution in [1.29, 1.82) is 0 Å². The highest BCUT2D eigenvalue weighted by Gasteiger charge is 2.14. The third-order valence-electron chi connectivity index (χ3n) is 3.65. The minimum atomic E-state index is -0.162. The van der Waals surface area contributed by atoms with Gasteiger partial charge in [0, 0.05) is 16.3 Å². The number of ether oxygens (including phenoxy) is 1. The molecule has 0 fully saturated rings. The highest BCUT2D eigenvalue weighted by molar-refractivity contribution is 6.32. The zero-order valence-corrected chi connectivity index (χ0v) is 13.8. The molecule has 0 aromatic heterocycles. The van der Waals surface area contributed by atoms with E-state index in [2.05, 4.69) is 12.2 Å². The number of carbonyl (C=O) groups excluding carboxylic acids is 1. The zero-order valence-electron chi connectivity index (χ0n) is 13.1. The van der Waals surface area contributed by atoms with Gasteiger partial charge >= 0.3 is 0 Å². The second kappa shape index (κ2) is 7.32. The summed E-state index contributed by atoms with van der Waals surface area (Å²) in [5.74, 6) is 0.496. The molecule has 3 nitrogen and oxygen atoms in total. The van der Waals surface area contributed by atoms with Gasteiger partial charge in [-0.05, 0) is 48.2 Å². The molecule has 2 aromatic rings. The quantitative estimate of drug-likeness (QED) is 0.866. The average molecular weight is 318 g/mol. The van der Waals surface area contributed by atoms with E-state index in [1.165, 1.54) is 0 Å². The SMILES string of the molecule is CCc1ccc(Cl)c(CC)c1NC(=O)c1cccc(OC)c1. The molecule has 0 spiro atoms. The summed E-state index contributed by atoms with van der Waals surface area (Å²) < 4.78 is 5.16. The lowest BCUT2D eigenvalue weighted by Crippen LogP contribution is -2.15. The maximum Gasteiger partial charge on any atom is 0.255 e. The molecule has 2 aromatic carbocycles. The molecule has 0 aliphatic rings. The first-order chi connectivity index (χ1) is 10.6. The summed E-state index contributed by atoms with van der Waals surface area (Å²) in [6.07, 6.45) is 1.60. The van der Waals surface area contributed by atoms with E-state index in [0.29, 0.717) is 16.3 Å². The largest absolute Gasteiger partial charge is 0.497 e. The van der Waals surface area contributed by atoms with E-state index < -0.39 is 0 Å². The smallest absolute Gasteiger partial charge is 0.255 e. The number of aryl methyl sites for hydroxylation is 1. The van der Waals surface area contributed by atoms with E-state index in [-0.39, 0.29) is 5.91 Å². The van der Waals surface area contributed by atoms with Gasteiger partial charge in [-0.1, -0.05) is 37.6 Å². The number of hydrogen-bond donors (Lipinski definition) is 1. The average Bonchev–Trinajstić information content (AvgIpc) is 2.55. The van der Waals surface area contributed by atoms with E-state index in [1.54, 1.807) is 25.3 Å². The highest BCUT2D eigenvalue weighted by atomic mass is 35.5. The minimum Gasteiger partial charge on any atom is -0.497 e. The molecular formula is C18H20ClNO2. The summed E-state index contributed by atoms with van der Waals surface area (Å²) in [5, 5.41) is 3.69. The van der Waals surface area contributed by atoms with Crippen LogP contribution in [0.15, 0.2) is 36.4 Å². The van der Waals surface area contributed by atoms with Crippen LogP contribution in [0.4, 0.5) is 5.69 Å². The Kier molecular flexibility index (Phi) is 5.45. The van der Waals surface area contributed by atoms with Crippen LogP contribution in [0.5, 0.6) is 5.75 Å². The van der Waals surface area contributed by atoms with E-state index in [9.17, 15) is 4.79 Å². The maximum absolute atomic E-state index is 12.5. The lowest BCUT2D eigenvalue weighted by molar-refractivity contribution is 0.102. The Morgan fingerprint density at radius 1 is 1.18 bits per heavy atom. The topological polar surface area (TPSA) is 38.3 Å². The second-order valence-electron chi connectivity index (χ2n) is 4.95. The molecule has 2 rings (SSSR count). The van der Waals surface area contributed by atoms with Gasteiger partial charge in [0.2, 0.25) is 0 Å². The number of carbonyl (C=O) groups is 1. The van der Waals surface area contributed by atoms with Crippen LogP contribution in [0.3, 0.4) is 0 Å². The van der Waals surface area contributed by atoms with Gasteiger partial charge in [-0.2, -0.15) is 0 Å². The van der Waals surface area contributed by atoms with Gasteiger partial charge in [0.05, 0.1) is 7.11 Å². The summed E-state index contributed by atoms with van der Waals surface area (Å²) in [4.78, 5) is 12.5. The van der Waals surface area contributed by atoms with Crippen molar-refractivity contribution in [1.82, 2.24) is 0 Å². The molecular weight excluding hydrogens is 298 g/mol. The first-order valence-corrected chi connectivity index (χ1v) is 7.74. The molecule has 0 aliphatic heterocycles. The molecule has 0 saturated carbocycles. The predicted molar refractivity (Wildman–Crippen MR) is 91.2 cm³/mol. The van der Waals surface area contributed by atoms with E-state index in [1.807, 2.05) is 25.1 Å². The Balaban J connectivity index is 2.37. The summed E-state index contributed by atoms with van der Waals surface area (Å²) >= 11 is 6.26. The molecule has 0 aliphatic carbocycles. The standard InChI is InChI=1S/C18H20ClNO2/c1-4-12-9-10-16(19)15(5-2)17(12)20-18(21)13-7-6-8-14(11-13)22-3/h6-11H,4-5H2,1-3H3,(H,20,21). The predicted octanol–water partition coefficient (Wildman–Crippen LogP) is 4.73. The summed E-state index contributed by atoms with van der Waals surface area (Å²) in [6, 6.07) is 10.9. The Morgan fingerprint density at radius 2 is 1.95 bits per heavy atom. The molecule has 0 radical (unpaired) electrons. The Hall–Kier alpha value is -2.00. The molecule has 1 amide bonds. The first-order valence-electron chi connectivity index (χ1n) is 7.36. The Morgan fingerprint density at radius 3 is 2.59 bits per heavy atom. The minimum absolute atomic E-state index is 0.162. The third kappa shape index (κ3) is 3.42. The molecule has 0 saturated heterocycles. The number of halogens is 1. The second-order valence-corrected chi connectivity index (χ2v) is 5.36. The van der Waals surface area contributed by atoms with Crippen LogP contribution < -0.4 is 10.1 Å². The van der Waals surface area contributed by atoms with Gasteiger partial charge in [-0.3, -0.25) is 4.79 Å². The lowest BCUT2D eigenvalue weighted by Gasteiger charge is -2.16.